The van der Waals surface area contributed by atoms with E-state index in [1.807, 2.05) is 24.3 Å². The number of thioether (sulfide) groups is 2. The molecule has 0 bridgehead atoms. The SMILES string of the molecule is COc1cc(NC(=O)CSc2nnc(SCc3ccc(Cl)cc3)s2)cc(OC)c1. The minimum atomic E-state index is -0.143. The number of benzene rings is 2. The molecule has 2 aromatic carbocycles. The van der Waals surface area contributed by atoms with Crippen LogP contribution in [0.4, 0.5) is 5.69 Å². The second-order valence-corrected chi connectivity index (χ2v) is 9.55. The van der Waals surface area contributed by atoms with Crippen LogP contribution >= 0.6 is 46.5 Å². The van der Waals surface area contributed by atoms with Crippen LogP contribution < -0.4 is 14.8 Å². The Morgan fingerprint density at radius 2 is 1.66 bits per heavy atom. The van der Waals surface area contributed by atoms with Gasteiger partial charge in [-0.3, -0.25) is 4.79 Å². The van der Waals surface area contributed by atoms with Crippen molar-refractivity contribution in [3.05, 3.63) is 53.1 Å². The first-order chi connectivity index (χ1) is 14.1. The maximum Gasteiger partial charge on any atom is 0.234 e. The van der Waals surface area contributed by atoms with Gasteiger partial charge in [-0.15, -0.1) is 10.2 Å². The lowest BCUT2D eigenvalue weighted by molar-refractivity contribution is -0.113. The van der Waals surface area contributed by atoms with Crippen molar-refractivity contribution in [1.82, 2.24) is 10.2 Å². The predicted molar refractivity (Wildman–Crippen MR) is 120 cm³/mol. The van der Waals surface area contributed by atoms with Crippen molar-refractivity contribution < 1.29 is 14.3 Å². The molecule has 0 aliphatic rings. The van der Waals surface area contributed by atoms with Crippen molar-refractivity contribution in [2.24, 2.45) is 0 Å². The molecule has 0 fully saturated rings. The Morgan fingerprint density at radius 1 is 1.03 bits per heavy atom. The monoisotopic (exact) mass is 467 g/mol. The van der Waals surface area contributed by atoms with Gasteiger partial charge in [0.1, 0.15) is 11.5 Å². The standard InChI is InChI=1S/C19H18ClN3O3S3/c1-25-15-7-14(8-16(9-15)26-2)21-17(24)11-28-19-23-22-18(29-19)27-10-12-3-5-13(20)6-4-12/h3-9H,10-11H2,1-2H3,(H,21,24). The van der Waals surface area contributed by atoms with Crippen molar-refractivity contribution in [2.75, 3.05) is 25.3 Å². The summed E-state index contributed by atoms with van der Waals surface area (Å²) in [5, 5.41) is 11.9. The number of hydrogen-bond donors (Lipinski definition) is 1. The van der Waals surface area contributed by atoms with E-state index in [2.05, 4.69) is 15.5 Å². The van der Waals surface area contributed by atoms with Crippen LogP contribution in [-0.4, -0.2) is 36.1 Å². The number of carbonyl (C=O) groups is 1. The third kappa shape index (κ3) is 6.81. The van der Waals surface area contributed by atoms with E-state index >= 15 is 0 Å². The van der Waals surface area contributed by atoms with Gasteiger partial charge in [-0.1, -0.05) is 58.6 Å². The molecule has 152 valence electrons. The van der Waals surface area contributed by atoms with Crippen LogP contribution in [0.1, 0.15) is 5.56 Å². The molecule has 0 unspecified atom stereocenters. The topological polar surface area (TPSA) is 73.3 Å². The third-order valence-corrected chi connectivity index (χ3v) is 7.14. The lowest BCUT2D eigenvalue weighted by Crippen LogP contribution is -2.14. The predicted octanol–water partition coefficient (Wildman–Crippen LogP) is 5.23. The highest BCUT2D eigenvalue weighted by molar-refractivity contribution is 8.03. The molecule has 0 saturated carbocycles. The largest absolute Gasteiger partial charge is 0.497 e. The van der Waals surface area contributed by atoms with Crippen molar-refractivity contribution in [2.45, 2.75) is 14.4 Å². The second-order valence-electron chi connectivity index (χ2n) is 5.69. The Morgan fingerprint density at radius 3 is 2.28 bits per heavy atom. The van der Waals surface area contributed by atoms with Gasteiger partial charge in [-0.05, 0) is 17.7 Å². The molecular formula is C19H18ClN3O3S3. The molecule has 6 nitrogen and oxygen atoms in total. The fourth-order valence-electron chi connectivity index (χ4n) is 2.24. The van der Waals surface area contributed by atoms with Gasteiger partial charge in [0.2, 0.25) is 5.91 Å². The fourth-order valence-corrected chi connectivity index (χ4v) is 5.15. The summed E-state index contributed by atoms with van der Waals surface area (Å²) in [5.41, 5.74) is 1.78. The summed E-state index contributed by atoms with van der Waals surface area (Å²) < 4.78 is 12.0. The molecule has 0 radical (unpaired) electrons. The highest BCUT2D eigenvalue weighted by Gasteiger charge is 2.10. The molecule has 0 spiro atoms. The fraction of sp³-hybridized carbons (Fsp3) is 0.211. The van der Waals surface area contributed by atoms with Gasteiger partial charge in [0.15, 0.2) is 8.68 Å². The highest BCUT2D eigenvalue weighted by Crippen LogP contribution is 2.31. The van der Waals surface area contributed by atoms with Crippen LogP contribution in [-0.2, 0) is 10.5 Å². The van der Waals surface area contributed by atoms with E-state index in [0.29, 0.717) is 17.2 Å². The Hall–Kier alpha value is -1.94. The quantitative estimate of drug-likeness (QED) is 0.432. The van der Waals surface area contributed by atoms with Crippen molar-refractivity contribution >= 4 is 58.1 Å². The Balaban J connectivity index is 1.49. The minimum Gasteiger partial charge on any atom is -0.497 e. The number of nitrogens with one attached hydrogen (secondary N) is 1. The van der Waals surface area contributed by atoms with Crippen LogP contribution in [0, 0.1) is 0 Å². The van der Waals surface area contributed by atoms with Gasteiger partial charge in [-0.25, -0.2) is 0 Å². The lowest BCUT2D eigenvalue weighted by atomic mass is 10.2. The first-order valence-corrected chi connectivity index (χ1v) is 11.6. The van der Waals surface area contributed by atoms with Crippen molar-refractivity contribution in [3.8, 4) is 11.5 Å². The Labute approximate surface area is 186 Å². The van der Waals surface area contributed by atoms with E-state index in [9.17, 15) is 4.79 Å². The maximum atomic E-state index is 12.3. The number of halogens is 1. The van der Waals surface area contributed by atoms with Crippen LogP contribution in [0.25, 0.3) is 0 Å². The van der Waals surface area contributed by atoms with Gasteiger partial charge in [0.05, 0.1) is 20.0 Å². The van der Waals surface area contributed by atoms with E-state index in [1.54, 1.807) is 44.2 Å². The summed E-state index contributed by atoms with van der Waals surface area (Å²) in [7, 11) is 3.13. The van der Waals surface area contributed by atoms with Crippen LogP contribution in [0.3, 0.4) is 0 Å². The lowest BCUT2D eigenvalue weighted by Gasteiger charge is -2.09. The van der Waals surface area contributed by atoms with Gasteiger partial charge in [-0.2, -0.15) is 0 Å². The number of carbonyl (C=O) groups excluding carboxylic acids is 1. The molecule has 0 saturated heterocycles. The van der Waals surface area contributed by atoms with E-state index in [0.717, 1.165) is 25.0 Å². The number of aromatic nitrogens is 2. The zero-order valence-electron chi connectivity index (χ0n) is 15.7. The highest BCUT2D eigenvalue weighted by atomic mass is 35.5. The molecule has 0 aliphatic heterocycles. The number of methoxy groups -OCH3 is 2. The average molecular weight is 468 g/mol. The first kappa shape index (κ1) is 21.8. The van der Waals surface area contributed by atoms with E-state index in [1.165, 1.54) is 23.1 Å². The number of hydrogen-bond acceptors (Lipinski definition) is 8. The average Bonchev–Trinajstić information content (AvgIpc) is 3.19. The maximum absolute atomic E-state index is 12.3. The van der Waals surface area contributed by atoms with Crippen molar-refractivity contribution in [3.63, 3.8) is 0 Å². The molecule has 3 aromatic rings. The van der Waals surface area contributed by atoms with Crippen LogP contribution in [0.2, 0.25) is 5.02 Å². The zero-order valence-corrected chi connectivity index (χ0v) is 18.9. The summed E-state index contributed by atoms with van der Waals surface area (Å²) in [4.78, 5) is 12.3. The molecule has 0 aliphatic carbocycles. The number of rotatable bonds is 9. The number of anilines is 1. The van der Waals surface area contributed by atoms with Crippen molar-refractivity contribution in [1.29, 1.82) is 0 Å². The molecular weight excluding hydrogens is 450 g/mol. The van der Waals surface area contributed by atoms with Gasteiger partial charge >= 0.3 is 0 Å². The summed E-state index contributed by atoms with van der Waals surface area (Å²) in [5.74, 6) is 2.10. The Bertz CT molecular complexity index is 945. The van der Waals surface area contributed by atoms with Gasteiger partial charge in [0.25, 0.3) is 0 Å². The second kappa shape index (κ2) is 10.7. The Kier molecular flexibility index (Phi) is 8.05. The third-order valence-electron chi connectivity index (χ3n) is 3.63. The molecule has 1 N–H and O–H groups in total. The molecule has 3 rings (SSSR count). The number of ether oxygens (including phenoxy) is 2. The van der Waals surface area contributed by atoms with Crippen LogP contribution in [0.5, 0.6) is 11.5 Å². The normalized spacial score (nSPS) is 10.6. The van der Waals surface area contributed by atoms with Gasteiger partial charge < -0.3 is 14.8 Å². The molecule has 1 aromatic heterocycles. The van der Waals surface area contributed by atoms with E-state index < -0.39 is 0 Å². The molecule has 1 heterocycles. The van der Waals surface area contributed by atoms with E-state index in [4.69, 9.17) is 21.1 Å². The number of amides is 1. The molecule has 1 amide bonds. The summed E-state index contributed by atoms with van der Waals surface area (Å²) in [6.45, 7) is 0. The zero-order chi connectivity index (χ0) is 20.6. The summed E-state index contributed by atoms with van der Waals surface area (Å²) in [6, 6.07) is 12.9. The number of nitrogens with zero attached hydrogens (tertiary/aromatic N) is 2. The van der Waals surface area contributed by atoms with E-state index in [-0.39, 0.29) is 11.7 Å². The molecule has 0 atom stereocenters. The molecule has 10 heteroatoms. The smallest absolute Gasteiger partial charge is 0.234 e. The van der Waals surface area contributed by atoms with Gasteiger partial charge in [0, 0.05) is 34.7 Å². The summed E-state index contributed by atoms with van der Waals surface area (Å²) >= 11 is 10.3. The van der Waals surface area contributed by atoms with Crippen LogP contribution in [0.15, 0.2) is 51.1 Å². The minimum absolute atomic E-state index is 0.143. The molecule has 29 heavy (non-hydrogen) atoms. The first-order valence-electron chi connectivity index (χ1n) is 8.42. The summed E-state index contributed by atoms with van der Waals surface area (Å²) in [6.07, 6.45) is 0.